The van der Waals surface area contributed by atoms with Crippen molar-refractivity contribution < 1.29 is 14.6 Å². The van der Waals surface area contributed by atoms with Gasteiger partial charge in [0.05, 0.1) is 6.61 Å². The topological polar surface area (TPSA) is 49.8 Å². The summed E-state index contributed by atoms with van der Waals surface area (Å²) in [5.41, 5.74) is 3.32. The number of aromatic hydroxyl groups is 1. The minimum absolute atomic E-state index is 0.0566. The van der Waals surface area contributed by atoms with Crippen LogP contribution in [0.15, 0.2) is 23.8 Å². The number of benzene rings is 1. The Morgan fingerprint density at radius 1 is 1.27 bits per heavy atom. The van der Waals surface area contributed by atoms with Crippen LogP contribution in [0.2, 0.25) is 0 Å². The van der Waals surface area contributed by atoms with E-state index < -0.39 is 0 Å². The van der Waals surface area contributed by atoms with Crippen LogP contribution in [0.25, 0.3) is 0 Å². The number of allylic oxidation sites excluding steroid dienone is 1. The first-order chi connectivity index (χ1) is 10.4. The predicted molar refractivity (Wildman–Crippen MR) is 84.5 cm³/mol. The van der Waals surface area contributed by atoms with Crippen molar-refractivity contribution in [3.63, 3.8) is 0 Å². The molecule has 4 rings (SSSR count). The summed E-state index contributed by atoms with van der Waals surface area (Å²) >= 11 is 0. The zero-order valence-electron chi connectivity index (χ0n) is 13.4. The van der Waals surface area contributed by atoms with Gasteiger partial charge in [0.25, 0.3) is 0 Å². The molecule has 1 aromatic carbocycles. The Bertz CT molecular complexity index is 710. The lowest BCUT2D eigenvalue weighted by Gasteiger charge is -2.43. The number of ketones is 1. The summed E-state index contributed by atoms with van der Waals surface area (Å²) in [7, 11) is 0. The van der Waals surface area contributed by atoms with Crippen LogP contribution in [-0.4, -0.2) is 23.1 Å². The molecular weight excluding hydrogens is 276 g/mol. The molecule has 1 aliphatic heterocycles. The van der Waals surface area contributed by atoms with Crippen molar-refractivity contribution >= 4 is 5.78 Å². The van der Waals surface area contributed by atoms with E-state index in [0.717, 1.165) is 48.1 Å². The smallest absolute Gasteiger partial charge is 0.186 e. The summed E-state index contributed by atoms with van der Waals surface area (Å²) in [5.74, 6) is 0.558. The first-order valence-corrected chi connectivity index (χ1v) is 8.16. The Hall–Kier alpha value is -1.61. The van der Waals surface area contributed by atoms with Gasteiger partial charge in [-0.15, -0.1) is 0 Å². The predicted octanol–water partition coefficient (Wildman–Crippen LogP) is 3.85. The van der Waals surface area contributed by atoms with Crippen LogP contribution < -0.4 is 0 Å². The van der Waals surface area contributed by atoms with Gasteiger partial charge in [0.15, 0.2) is 5.78 Å². The molecule has 0 amide bonds. The molecule has 1 aromatic rings. The van der Waals surface area contributed by atoms with Crippen molar-refractivity contribution in [3.05, 3.63) is 40.5 Å². The fourth-order valence-electron chi connectivity index (χ4n) is 4.39. The maximum atomic E-state index is 12.7. The number of ether oxygens (including phenoxy) is 1. The van der Waals surface area contributed by atoms with Crippen LogP contribution in [0, 0.1) is 0 Å². The lowest BCUT2D eigenvalue weighted by atomic mass is 9.59. The van der Waals surface area contributed by atoms with Crippen molar-refractivity contribution in [1.82, 2.24) is 0 Å². The molecule has 3 heteroatoms. The Morgan fingerprint density at radius 3 is 2.64 bits per heavy atom. The van der Waals surface area contributed by atoms with E-state index in [1.54, 1.807) is 0 Å². The number of fused-ring (bicyclic) bond motifs is 4. The number of hydrogen-bond acceptors (Lipinski definition) is 3. The lowest BCUT2D eigenvalue weighted by Crippen LogP contribution is -2.41. The van der Waals surface area contributed by atoms with Crippen molar-refractivity contribution in [2.24, 2.45) is 0 Å². The van der Waals surface area contributed by atoms with E-state index >= 15 is 0 Å². The van der Waals surface area contributed by atoms with E-state index in [1.165, 1.54) is 0 Å². The maximum absolute atomic E-state index is 12.7. The van der Waals surface area contributed by atoms with Gasteiger partial charge in [0.2, 0.25) is 0 Å². The van der Waals surface area contributed by atoms with Gasteiger partial charge in [-0.1, -0.05) is 20.8 Å². The Balaban J connectivity index is 1.93. The minimum atomic E-state index is -0.202. The van der Waals surface area contributed by atoms with Gasteiger partial charge in [-0.2, -0.15) is 0 Å². The van der Waals surface area contributed by atoms with Crippen LogP contribution in [-0.2, 0) is 10.2 Å². The first-order valence-electron chi connectivity index (χ1n) is 8.16. The highest BCUT2D eigenvalue weighted by Crippen LogP contribution is 2.57. The van der Waals surface area contributed by atoms with Gasteiger partial charge < -0.3 is 9.84 Å². The van der Waals surface area contributed by atoms with Crippen LogP contribution in [0.5, 0.6) is 5.75 Å². The molecule has 1 N–H and O–H groups in total. The van der Waals surface area contributed by atoms with Gasteiger partial charge in [0, 0.05) is 11.0 Å². The Labute approximate surface area is 131 Å². The third kappa shape index (κ3) is 1.69. The molecule has 0 radical (unpaired) electrons. The number of rotatable bonds is 1. The lowest BCUT2D eigenvalue weighted by molar-refractivity contribution is 0.103. The Morgan fingerprint density at radius 2 is 2.00 bits per heavy atom. The number of hydrogen-bond donors (Lipinski definition) is 1. The molecule has 1 saturated carbocycles. The highest BCUT2D eigenvalue weighted by Gasteiger charge is 2.58. The summed E-state index contributed by atoms with van der Waals surface area (Å²) in [6.07, 6.45) is 4.92. The van der Waals surface area contributed by atoms with Crippen molar-refractivity contribution in [2.75, 3.05) is 6.61 Å². The average molecular weight is 298 g/mol. The molecule has 1 spiro atoms. The molecule has 2 aliphatic carbocycles. The second-order valence-electron chi connectivity index (χ2n) is 7.50. The summed E-state index contributed by atoms with van der Waals surface area (Å²) in [5, 5.41) is 10.4. The standard InChI is InChI=1S/C19H22O3/c1-11(2)12-7-13-14(8-15(12)20)18(3)5-4-6-19(10-22-19)17(18)9-16(13)21/h7-9,11,20H,4-6,10H2,1-3H3/t18-,19+/m1/s1. The molecule has 0 unspecified atom stereocenters. The van der Waals surface area contributed by atoms with Crippen LogP contribution >= 0.6 is 0 Å². The van der Waals surface area contributed by atoms with E-state index in [9.17, 15) is 9.90 Å². The number of carbonyl (C=O) groups is 1. The summed E-state index contributed by atoms with van der Waals surface area (Å²) < 4.78 is 5.74. The van der Waals surface area contributed by atoms with Crippen LogP contribution in [0.1, 0.15) is 67.4 Å². The van der Waals surface area contributed by atoms with Gasteiger partial charge in [0.1, 0.15) is 11.4 Å². The Kier molecular flexibility index (Phi) is 2.69. The van der Waals surface area contributed by atoms with E-state index in [-0.39, 0.29) is 22.7 Å². The van der Waals surface area contributed by atoms with E-state index in [0.29, 0.717) is 5.75 Å². The van der Waals surface area contributed by atoms with E-state index in [2.05, 4.69) is 6.92 Å². The van der Waals surface area contributed by atoms with Gasteiger partial charge >= 0.3 is 0 Å². The highest BCUT2D eigenvalue weighted by atomic mass is 16.6. The summed E-state index contributed by atoms with van der Waals surface area (Å²) in [6.45, 7) is 6.99. The van der Waals surface area contributed by atoms with Crippen molar-refractivity contribution in [3.8, 4) is 5.75 Å². The molecule has 1 saturated heterocycles. The van der Waals surface area contributed by atoms with Crippen molar-refractivity contribution in [2.45, 2.75) is 57.0 Å². The molecule has 3 nitrogen and oxygen atoms in total. The largest absolute Gasteiger partial charge is 0.508 e. The molecule has 3 aliphatic rings. The summed E-state index contributed by atoms with van der Waals surface area (Å²) in [6, 6.07) is 3.72. The molecule has 116 valence electrons. The second-order valence-corrected chi connectivity index (χ2v) is 7.50. The third-order valence-electron chi connectivity index (χ3n) is 5.76. The summed E-state index contributed by atoms with van der Waals surface area (Å²) in [4.78, 5) is 12.7. The zero-order chi connectivity index (χ0) is 15.7. The SMILES string of the molecule is CC(C)c1cc2c(cc1O)[C@@]1(C)CCC[C@]3(CO3)C1=CC2=O. The molecule has 2 fully saturated rings. The number of phenolic OH excluding ortho intramolecular Hbond substituents is 1. The number of carbonyl (C=O) groups excluding carboxylic acids is 1. The van der Waals surface area contributed by atoms with Gasteiger partial charge in [-0.05, 0) is 60.1 Å². The van der Waals surface area contributed by atoms with Crippen molar-refractivity contribution in [1.29, 1.82) is 0 Å². The molecule has 22 heavy (non-hydrogen) atoms. The minimum Gasteiger partial charge on any atom is -0.508 e. The fourth-order valence-corrected chi connectivity index (χ4v) is 4.39. The molecule has 0 bridgehead atoms. The quantitative estimate of drug-likeness (QED) is 0.801. The molecular formula is C19H22O3. The van der Waals surface area contributed by atoms with Gasteiger partial charge in [-0.3, -0.25) is 4.79 Å². The van der Waals surface area contributed by atoms with E-state index in [4.69, 9.17) is 4.74 Å². The number of epoxide rings is 1. The van der Waals surface area contributed by atoms with Crippen LogP contribution in [0.4, 0.5) is 0 Å². The third-order valence-corrected chi connectivity index (χ3v) is 5.76. The second kappa shape index (κ2) is 4.23. The highest BCUT2D eigenvalue weighted by molar-refractivity contribution is 6.09. The maximum Gasteiger partial charge on any atom is 0.186 e. The number of phenols is 1. The average Bonchev–Trinajstić information content (AvgIpc) is 3.22. The zero-order valence-corrected chi connectivity index (χ0v) is 13.4. The molecule has 0 aromatic heterocycles. The fraction of sp³-hybridized carbons (Fsp3) is 0.526. The molecule has 1 heterocycles. The van der Waals surface area contributed by atoms with Gasteiger partial charge in [-0.25, -0.2) is 0 Å². The normalized spacial score (nSPS) is 32.7. The monoisotopic (exact) mass is 298 g/mol. The first kappa shape index (κ1) is 14.0. The molecule has 2 atom stereocenters. The van der Waals surface area contributed by atoms with E-state index in [1.807, 2.05) is 32.1 Å². The van der Waals surface area contributed by atoms with Crippen LogP contribution in [0.3, 0.4) is 0 Å².